The Morgan fingerprint density at radius 3 is 2.58 bits per heavy atom. The van der Waals surface area contributed by atoms with Crippen LogP contribution in [-0.2, 0) is 33.2 Å². The van der Waals surface area contributed by atoms with E-state index in [2.05, 4.69) is 5.16 Å². The van der Waals surface area contributed by atoms with Crippen LogP contribution in [-0.4, -0.2) is 77.9 Å². The minimum atomic E-state index is -4.06. The molecular weight excluding hydrogens is 549 g/mol. The number of carbonyl (C=O) groups is 1. The van der Waals surface area contributed by atoms with Crippen molar-refractivity contribution in [1.29, 1.82) is 0 Å². The molecule has 0 radical (unpaired) electrons. The molecule has 0 unspecified atom stereocenters. The predicted octanol–water partition coefficient (Wildman–Crippen LogP) is 3.28. The molecule has 214 valence electrons. The molecule has 14 heteroatoms. The number of ether oxygens (including phenoxy) is 4. The van der Waals surface area contributed by atoms with Crippen molar-refractivity contribution in [3.05, 3.63) is 47.3 Å². The fourth-order valence-electron chi connectivity index (χ4n) is 5.01. The van der Waals surface area contributed by atoms with Crippen LogP contribution in [0, 0.1) is 12.7 Å². The average Bonchev–Trinajstić information content (AvgIpc) is 3.68. The highest BCUT2D eigenvalue weighted by Crippen LogP contribution is 2.42. The molecule has 0 N–H and O–H groups in total. The highest BCUT2D eigenvalue weighted by atomic mass is 32.2. The van der Waals surface area contributed by atoms with E-state index in [1.807, 2.05) is 18.7 Å². The third-order valence-electron chi connectivity index (χ3n) is 6.97. The Hall–Kier alpha value is -3.30. The molecule has 6 rings (SSSR count). The second-order valence-electron chi connectivity index (χ2n) is 9.88. The van der Waals surface area contributed by atoms with Gasteiger partial charge in [-0.1, -0.05) is 22.9 Å². The van der Waals surface area contributed by atoms with Crippen LogP contribution in [0.25, 0.3) is 11.0 Å². The number of nitrogens with zero attached hydrogens (tertiary/aromatic N) is 3. The molecule has 3 aliphatic heterocycles. The SMILES string of the molecule is Cc1ccc(S(=O)(=O)OC[C@H]2CN(c3noc4c(F)c(N5CCO[C@H](C)C5)c(C5OCCO5)cc34)C(=O)O2)cc1. The van der Waals surface area contributed by atoms with Gasteiger partial charge in [-0.3, -0.25) is 9.08 Å². The number of fused-ring (bicyclic) bond motifs is 1. The summed E-state index contributed by atoms with van der Waals surface area (Å²) in [7, 11) is -4.06. The first-order chi connectivity index (χ1) is 19.2. The van der Waals surface area contributed by atoms with Crippen molar-refractivity contribution in [2.75, 3.05) is 55.9 Å². The molecule has 0 aliphatic carbocycles. The number of aromatic nitrogens is 1. The third-order valence-corrected chi connectivity index (χ3v) is 8.27. The van der Waals surface area contributed by atoms with E-state index >= 15 is 4.39 Å². The Balaban J connectivity index is 1.27. The van der Waals surface area contributed by atoms with Gasteiger partial charge in [0.25, 0.3) is 10.1 Å². The molecule has 3 aromatic rings. The monoisotopic (exact) mass is 577 g/mol. The second kappa shape index (κ2) is 10.6. The summed E-state index contributed by atoms with van der Waals surface area (Å²) in [5, 5.41) is 4.21. The number of benzene rings is 2. The maximum Gasteiger partial charge on any atom is 0.416 e. The van der Waals surface area contributed by atoms with Gasteiger partial charge in [0.2, 0.25) is 5.58 Å². The van der Waals surface area contributed by atoms with Crippen LogP contribution >= 0.6 is 0 Å². The first-order valence-electron chi connectivity index (χ1n) is 12.9. The largest absolute Gasteiger partial charge is 0.441 e. The summed E-state index contributed by atoms with van der Waals surface area (Å²) in [6.45, 7) is 5.29. The van der Waals surface area contributed by atoms with Crippen LogP contribution in [0.15, 0.2) is 39.8 Å². The van der Waals surface area contributed by atoms with Crippen molar-refractivity contribution < 1.29 is 45.3 Å². The highest BCUT2D eigenvalue weighted by molar-refractivity contribution is 7.86. The average molecular weight is 578 g/mol. The van der Waals surface area contributed by atoms with Gasteiger partial charge in [-0.15, -0.1) is 0 Å². The first-order valence-corrected chi connectivity index (χ1v) is 14.3. The van der Waals surface area contributed by atoms with Crippen molar-refractivity contribution in [2.45, 2.75) is 37.2 Å². The summed E-state index contributed by atoms with van der Waals surface area (Å²) in [4.78, 5) is 15.8. The molecule has 0 spiro atoms. The van der Waals surface area contributed by atoms with Gasteiger partial charge in [0.15, 0.2) is 17.9 Å². The van der Waals surface area contributed by atoms with Gasteiger partial charge < -0.3 is 28.4 Å². The lowest BCUT2D eigenvalue weighted by atomic mass is 10.1. The summed E-state index contributed by atoms with van der Waals surface area (Å²) >= 11 is 0. The number of cyclic esters (lactones) is 1. The molecule has 4 heterocycles. The minimum Gasteiger partial charge on any atom is -0.441 e. The van der Waals surface area contributed by atoms with Crippen LogP contribution in [0.5, 0.6) is 0 Å². The maximum atomic E-state index is 16.1. The Morgan fingerprint density at radius 1 is 1.10 bits per heavy atom. The fourth-order valence-corrected chi connectivity index (χ4v) is 5.95. The molecule has 0 bridgehead atoms. The normalized spacial score (nSPS) is 22.4. The number of hydrogen-bond acceptors (Lipinski definition) is 11. The molecule has 3 aliphatic rings. The molecule has 1 amide bonds. The Labute approximate surface area is 229 Å². The highest BCUT2D eigenvalue weighted by Gasteiger charge is 2.39. The van der Waals surface area contributed by atoms with Crippen LogP contribution < -0.4 is 9.80 Å². The number of amides is 1. The van der Waals surface area contributed by atoms with Crippen molar-refractivity contribution >= 4 is 38.7 Å². The van der Waals surface area contributed by atoms with E-state index in [-0.39, 0.29) is 40.0 Å². The van der Waals surface area contributed by atoms with E-state index in [9.17, 15) is 13.2 Å². The third kappa shape index (κ3) is 5.01. The number of rotatable bonds is 7. The van der Waals surface area contributed by atoms with Crippen LogP contribution in [0.1, 0.15) is 24.3 Å². The summed E-state index contributed by atoms with van der Waals surface area (Å²) < 4.78 is 74.1. The Morgan fingerprint density at radius 2 is 1.85 bits per heavy atom. The predicted molar refractivity (Wildman–Crippen MR) is 138 cm³/mol. The molecule has 0 saturated carbocycles. The molecule has 2 aromatic carbocycles. The summed E-state index contributed by atoms with van der Waals surface area (Å²) in [5.74, 6) is -0.625. The molecule has 40 heavy (non-hydrogen) atoms. The number of hydrogen-bond donors (Lipinski definition) is 0. The molecule has 2 atom stereocenters. The van der Waals surface area contributed by atoms with Crippen LogP contribution in [0.2, 0.25) is 0 Å². The Bertz CT molecular complexity index is 1520. The molecule has 1 aromatic heterocycles. The lowest BCUT2D eigenvalue weighted by Gasteiger charge is -2.34. The van der Waals surface area contributed by atoms with Gasteiger partial charge in [-0.05, 0) is 32.0 Å². The van der Waals surface area contributed by atoms with Crippen molar-refractivity contribution in [2.24, 2.45) is 0 Å². The van der Waals surface area contributed by atoms with Gasteiger partial charge in [0.1, 0.15) is 12.7 Å². The zero-order valence-electron chi connectivity index (χ0n) is 21.9. The van der Waals surface area contributed by atoms with E-state index in [1.54, 1.807) is 18.2 Å². The Kier molecular flexibility index (Phi) is 7.12. The first kappa shape index (κ1) is 26.9. The number of anilines is 2. The summed E-state index contributed by atoms with van der Waals surface area (Å²) in [6.07, 6.45) is -2.63. The molecule has 3 fully saturated rings. The maximum absolute atomic E-state index is 16.1. The van der Waals surface area contributed by atoms with Crippen molar-refractivity contribution in [3.8, 4) is 0 Å². The lowest BCUT2D eigenvalue weighted by molar-refractivity contribution is -0.0440. The van der Waals surface area contributed by atoms with E-state index in [1.165, 1.54) is 12.1 Å². The van der Waals surface area contributed by atoms with Gasteiger partial charge in [-0.25, -0.2) is 9.18 Å². The molecular formula is C26H28FN3O9S. The number of aryl methyl sites for hydroxylation is 1. The van der Waals surface area contributed by atoms with Crippen molar-refractivity contribution in [3.63, 3.8) is 0 Å². The smallest absolute Gasteiger partial charge is 0.416 e. The standard InChI is InChI=1S/C26H28FN3O9S/c1-15-3-5-18(6-4-15)40(32,33)37-14-17-13-30(26(31)38-17)24-20-11-19(25-35-9-10-36-25)22(21(27)23(20)39-28-24)29-7-8-34-16(2)12-29/h3-6,11,16-17,25H,7-10,12-14H2,1-2H3/t16-,17-/m1/s1. The van der Waals surface area contributed by atoms with Gasteiger partial charge in [0, 0.05) is 18.7 Å². The topological polar surface area (TPSA) is 130 Å². The number of halogens is 1. The van der Waals surface area contributed by atoms with E-state index in [4.69, 9.17) is 27.7 Å². The van der Waals surface area contributed by atoms with Crippen LogP contribution in [0.4, 0.5) is 20.7 Å². The quantitative estimate of drug-likeness (QED) is 0.384. The van der Waals surface area contributed by atoms with Gasteiger partial charge in [-0.2, -0.15) is 8.42 Å². The zero-order valence-corrected chi connectivity index (χ0v) is 22.7. The fraction of sp³-hybridized carbons (Fsp3) is 0.462. The molecule has 3 saturated heterocycles. The van der Waals surface area contributed by atoms with E-state index in [0.717, 1.165) is 10.5 Å². The minimum absolute atomic E-state index is 0.00778. The number of carbonyl (C=O) groups excluding carboxylic acids is 1. The second-order valence-corrected chi connectivity index (χ2v) is 11.5. The summed E-state index contributed by atoms with van der Waals surface area (Å²) in [6, 6.07) is 7.84. The zero-order chi connectivity index (χ0) is 28.0. The van der Waals surface area contributed by atoms with Gasteiger partial charge in [0.05, 0.1) is 48.4 Å². The molecule has 12 nitrogen and oxygen atoms in total. The van der Waals surface area contributed by atoms with E-state index < -0.39 is 41.0 Å². The lowest BCUT2D eigenvalue weighted by Crippen LogP contribution is -2.42. The van der Waals surface area contributed by atoms with Crippen LogP contribution in [0.3, 0.4) is 0 Å². The van der Waals surface area contributed by atoms with Gasteiger partial charge >= 0.3 is 6.09 Å². The van der Waals surface area contributed by atoms with Crippen molar-refractivity contribution in [1.82, 2.24) is 5.16 Å². The van der Waals surface area contributed by atoms with E-state index in [0.29, 0.717) is 38.5 Å². The number of morpholine rings is 1. The summed E-state index contributed by atoms with van der Waals surface area (Å²) in [5.41, 5.74) is 1.48.